The summed E-state index contributed by atoms with van der Waals surface area (Å²) in [4.78, 5) is 17.3. The van der Waals surface area contributed by atoms with Gasteiger partial charge in [0.15, 0.2) is 0 Å². The Morgan fingerprint density at radius 1 is 0.718 bits per heavy atom. The van der Waals surface area contributed by atoms with Crippen LogP contribution in [-0.2, 0) is 6.54 Å². The number of hydrogen-bond acceptors (Lipinski definition) is 5. The summed E-state index contributed by atoms with van der Waals surface area (Å²) < 4.78 is 4.56. The van der Waals surface area contributed by atoms with Crippen LogP contribution in [0.5, 0.6) is 0 Å². The fourth-order valence-corrected chi connectivity index (χ4v) is 6.51. The molecule has 2 saturated heterocycles. The number of benzene rings is 1. The molecule has 0 aliphatic carbocycles. The van der Waals surface area contributed by atoms with Gasteiger partial charge in [-0.15, -0.1) is 0 Å². The average molecular weight is 520 g/mol. The van der Waals surface area contributed by atoms with E-state index in [4.69, 9.17) is 4.98 Å². The van der Waals surface area contributed by atoms with E-state index in [1.165, 1.54) is 42.6 Å². The lowest BCUT2D eigenvalue weighted by molar-refractivity contribution is 0.248. The molecule has 0 saturated carbocycles. The predicted octanol–water partition coefficient (Wildman–Crippen LogP) is 5.63. The molecule has 7 heteroatoms. The molecule has 2 fully saturated rings. The highest BCUT2D eigenvalue weighted by Gasteiger charge is 2.25. The lowest BCUT2D eigenvalue weighted by atomic mass is 10.0. The zero-order chi connectivity index (χ0) is 26.0. The maximum Gasteiger partial charge on any atom is 0.142 e. The first-order chi connectivity index (χ1) is 19.3. The molecule has 2 aliphatic heterocycles. The van der Waals surface area contributed by atoms with Crippen molar-refractivity contribution in [2.45, 2.75) is 38.3 Å². The van der Waals surface area contributed by atoms with Crippen LogP contribution in [0.15, 0.2) is 85.3 Å². The Morgan fingerprint density at radius 2 is 1.59 bits per heavy atom. The van der Waals surface area contributed by atoms with Gasteiger partial charge in [0.2, 0.25) is 0 Å². The van der Waals surface area contributed by atoms with Gasteiger partial charge in [0.1, 0.15) is 22.9 Å². The standard InChI is InChI=1S/C32H37N7/c1-2-8-26(9-3-1)28-10-7-19-35(28)22-25-38-20-15-27-13-14-30(34-32(27)38)36-17-4-5-18-37(24-23-36)31-12-6-11-29-33-16-21-39(29)31/h1-3,6,8-9,11-16,20-21,28H,4-5,7,10,17-19,22-25H2. The van der Waals surface area contributed by atoms with E-state index in [2.05, 4.69) is 108 Å². The number of anilines is 2. The lowest BCUT2D eigenvalue weighted by Crippen LogP contribution is -2.40. The van der Waals surface area contributed by atoms with Crippen LogP contribution < -0.4 is 9.80 Å². The van der Waals surface area contributed by atoms with Crippen molar-refractivity contribution in [3.05, 3.63) is 90.9 Å². The largest absolute Gasteiger partial charge is 0.356 e. The Hall–Kier alpha value is -3.84. The van der Waals surface area contributed by atoms with Crippen molar-refractivity contribution in [3.63, 3.8) is 0 Å². The number of imidazole rings is 1. The molecule has 0 amide bonds. The van der Waals surface area contributed by atoms with Gasteiger partial charge in [-0.1, -0.05) is 36.4 Å². The van der Waals surface area contributed by atoms with Crippen LogP contribution in [0, 0.1) is 0 Å². The van der Waals surface area contributed by atoms with Crippen LogP contribution in [0.4, 0.5) is 11.6 Å². The summed E-state index contributed by atoms with van der Waals surface area (Å²) in [6, 6.07) is 24.6. The Balaban J connectivity index is 1.07. The highest BCUT2D eigenvalue weighted by atomic mass is 15.3. The van der Waals surface area contributed by atoms with Crippen molar-refractivity contribution in [1.82, 2.24) is 23.8 Å². The van der Waals surface area contributed by atoms with Crippen molar-refractivity contribution in [1.29, 1.82) is 0 Å². The molecule has 1 aromatic carbocycles. The second kappa shape index (κ2) is 10.7. The van der Waals surface area contributed by atoms with E-state index in [1.807, 2.05) is 6.20 Å². The van der Waals surface area contributed by atoms with E-state index in [0.29, 0.717) is 6.04 Å². The first kappa shape index (κ1) is 24.2. The molecule has 1 atom stereocenters. The first-order valence-electron chi connectivity index (χ1n) is 14.5. The molecule has 7 nitrogen and oxygen atoms in total. The van der Waals surface area contributed by atoms with Crippen LogP contribution in [0.25, 0.3) is 16.7 Å². The first-order valence-corrected chi connectivity index (χ1v) is 14.5. The van der Waals surface area contributed by atoms with Crippen molar-refractivity contribution < 1.29 is 0 Å². The summed E-state index contributed by atoms with van der Waals surface area (Å²) in [6.07, 6.45) is 11.0. The van der Waals surface area contributed by atoms with Gasteiger partial charge in [0, 0.05) is 69.3 Å². The number of aromatic nitrogens is 4. The van der Waals surface area contributed by atoms with Gasteiger partial charge in [-0.05, 0) is 68.1 Å². The van der Waals surface area contributed by atoms with Crippen LogP contribution in [-0.4, -0.2) is 63.1 Å². The maximum absolute atomic E-state index is 5.23. The fraction of sp³-hybridized carbons (Fsp3) is 0.375. The summed E-state index contributed by atoms with van der Waals surface area (Å²) in [5.41, 5.74) is 3.55. The Labute approximate surface area is 230 Å². The molecule has 7 rings (SSSR count). The number of likely N-dealkylation sites (tertiary alicyclic amines) is 1. The molecule has 39 heavy (non-hydrogen) atoms. The summed E-state index contributed by atoms with van der Waals surface area (Å²) in [7, 11) is 0. The van der Waals surface area contributed by atoms with Gasteiger partial charge in [-0.25, -0.2) is 9.97 Å². The smallest absolute Gasteiger partial charge is 0.142 e. The number of hydrogen-bond donors (Lipinski definition) is 0. The molecule has 5 aromatic rings. The molecule has 0 N–H and O–H groups in total. The average Bonchev–Trinajstić information content (AvgIpc) is 3.72. The highest BCUT2D eigenvalue weighted by Crippen LogP contribution is 2.31. The van der Waals surface area contributed by atoms with E-state index in [1.54, 1.807) is 0 Å². The lowest BCUT2D eigenvalue weighted by Gasteiger charge is -2.33. The van der Waals surface area contributed by atoms with E-state index in [9.17, 15) is 0 Å². The van der Waals surface area contributed by atoms with Gasteiger partial charge >= 0.3 is 0 Å². The molecule has 0 spiro atoms. The van der Waals surface area contributed by atoms with E-state index < -0.39 is 0 Å². The van der Waals surface area contributed by atoms with Gasteiger partial charge < -0.3 is 14.4 Å². The van der Waals surface area contributed by atoms with Gasteiger partial charge in [0.25, 0.3) is 0 Å². The number of rotatable bonds is 6. The number of nitrogens with zero attached hydrogens (tertiary/aromatic N) is 7. The number of pyridine rings is 2. The molecule has 0 radical (unpaired) electrons. The van der Waals surface area contributed by atoms with Gasteiger partial charge in [-0.3, -0.25) is 9.30 Å². The topological polar surface area (TPSA) is 44.8 Å². The zero-order valence-corrected chi connectivity index (χ0v) is 22.6. The van der Waals surface area contributed by atoms with Crippen LogP contribution in [0.1, 0.15) is 37.3 Å². The molecule has 6 heterocycles. The van der Waals surface area contributed by atoms with Crippen molar-refractivity contribution in [2.24, 2.45) is 0 Å². The molecule has 200 valence electrons. The third-order valence-corrected chi connectivity index (χ3v) is 8.57. The molecule has 1 unspecified atom stereocenters. The van der Waals surface area contributed by atoms with E-state index in [-0.39, 0.29) is 0 Å². The van der Waals surface area contributed by atoms with Crippen molar-refractivity contribution in [3.8, 4) is 0 Å². The third-order valence-electron chi connectivity index (χ3n) is 8.57. The van der Waals surface area contributed by atoms with Gasteiger partial charge in [-0.2, -0.15) is 0 Å². The minimum atomic E-state index is 0.536. The van der Waals surface area contributed by atoms with Crippen molar-refractivity contribution in [2.75, 3.05) is 49.1 Å². The van der Waals surface area contributed by atoms with E-state index in [0.717, 1.165) is 62.8 Å². The zero-order valence-electron chi connectivity index (χ0n) is 22.6. The minimum Gasteiger partial charge on any atom is -0.356 e. The maximum atomic E-state index is 5.23. The molecular weight excluding hydrogens is 482 g/mol. The second-order valence-electron chi connectivity index (χ2n) is 10.9. The summed E-state index contributed by atoms with van der Waals surface area (Å²) in [6.45, 7) is 7.23. The summed E-state index contributed by atoms with van der Waals surface area (Å²) in [5, 5.41) is 1.22. The quantitative estimate of drug-likeness (QED) is 0.291. The fourth-order valence-electron chi connectivity index (χ4n) is 6.51. The Bertz CT molecular complexity index is 1540. The molecular formula is C32H37N7. The summed E-state index contributed by atoms with van der Waals surface area (Å²) >= 11 is 0. The predicted molar refractivity (Wildman–Crippen MR) is 159 cm³/mol. The summed E-state index contributed by atoms with van der Waals surface area (Å²) in [5.74, 6) is 2.31. The monoisotopic (exact) mass is 519 g/mol. The second-order valence-corrected chi connectivity index (χ2v) is 10.9. The Morgan fingerprint density at radius 3 is 2.51 bits per heavy atom. The van der Waals surface area contributed by atoms with Crippen LogP contribution >= 0.6 is 0 Å². The highest BCUT2D eigenvalue weighted by molar-refractivity contribution is 5.78. The molecule has 0 bridgehead atoms. The normalized spacial score (nSPS) is 19.1. The minimum absolute atomic E-state index is 0.536. The molecule has 4 aromatic heterocycles. The molecule has 2 aliphatic rings. The van der Waals surface area contributed by atoms with Gasteiger partial charge in [0.05, 0.1) is 0 Å². The van der Waals surface area contributed by atoms with Crippen LogP contribution in [0.2, 0.25) is 0 Å². The van der Waals surface area contributed by atoms with Crippen molar-refractivity contribution >= 4 is 28.3 Å². The van der Waals surface area contributed by atoms with Crippen LogP contribution in [0.3, 0.4) is 0 Å². The number of fused-ring (bicyclic) bond motifs is 2. The third kappa shape index (κ3) is 4.87. The SMILES string of the molecule is c1ccc(C2CCCN2CCn2ccc3ccc(N4CCCCN(c5cccc6nccn56)CC4)nc32)cc1. The van der Waals surface area contributed by atoms with E-state index >= 15 is 0 Å². The Kier molecular flexibility index (Phi) is 6.66.